The number of carbonyl (C=O) groups excluding carboxylic acids is 1. The van der Waals surface area contributed by atoms with Crippen molar-refractivity contribution in [2.45, 2.75) is 6.42 Å². The largest absolute Gasteiger partial charge is 0.462 e. The monoisotopic (exact) mass is 166 g/mol. The van der Waals surface area contributed by atoms with Crippen LogP contribution in [0.4, 0.5) is 4.39 Å². The van der Waals surface area contributed by atoms with Crippen LogP contribution in [0.3, 0.4) is 0 Å². The molecule has 1 aliphatic heterocycles. The van der Waals surface area contributed by atoms with E-state index in [1.165, 1.54) is 12.1 Å². The highest BCUT2D eigenvalue weighted by Gasteiger charge is 2.20. The first-order chi connectivity index (χ1) is 5.79. The molecule has 0 bridgehead atoms. The molecule has 0 aliphatic carbocycles. The molecule has 12 heavy (non-hydrogen) atoms. The highest BCUT2D eigenvalue weighted by atomic mass is 19.1. The fraction of sp³-hybridized carbons (Fsp3) is 0.222. The standard InChI is InChI=1S/C9H7FO2/c10-8-3-1-2-7-6(8)4-5-12-9(7)11/h1-3H,4-5H2. The lowest BCUT2D eigenvalue weighted by molar-refractivity contribution is 0.0477. The number of rotatable bonds is 0. The first-order valence-corrected chi connectivity index (χ1v) is 3.73. The maximum atomic E-state index is 13.0. The van der Waals surface area contributed by atoms with Crippen LogP contribution in [0.2, 0.25) is 0 Å². The maximum absolute atomic E-state index is 13.0. The van der Waals surface area contributed by atoms with Gasteiger partial charge in [0.15, 0.2) is 0 Å². The Balaban J connectivity index is 2.59. The Morgan fingerprint density at radius 1 is 1.42 bits per heavy atom. The van der Waals surface area contributed by atoms with Crippen molar-refractivity contribution in [3.8, 4) is 0 Å². The minimum atomic E-state index is -0.421. The predicted octanol–water partition coefficient (Wildman–Crippen LogP) is 1.54. The molecule has 3 heteroatoms. The average molecular weight is 166 g/mol. The minimum absolute atomic E-state index is 0.284. The van der Waals surface area contributed by atoms with Gasteiger partial charge >= 0.3 is 5.97 Å². The second kappa shape index (κ2) is 2.59. The normalized spacial score (nSPS) is 15.2. The molecular formula is C9H7FO2. The van der Waals surface area contributed by atoms with E-state index in [-0.39, 0.29) is 12.4 Å². The zero-order valence-corrected chi connectivity index (χ0v) is 6.34. The lowest BCUT2D eigenvalue weighted by Gasteiger charge is -2.15. The summed E-state index contributed by atoms with van der Waals surface area (Å²) in [6, 6.07) is 4.46. The summed E-state index contributed by atoms with van der Waals surface area (Å²) < 4.78 is 17.8. The molecule has 2 rings (SSSR count). The van der Waals surface area contributed by atoms with Crippen LogP contribution >= 0.6 is 0 Å². The van der Waals surface area contributed by atoms with Gasteiger partial charge in [-0.15, -0.1) is 0 Å². The third kappa shape index (κ3) is 0.978. The highest BCUT2D eigenvalue weighted by molar-refractivity contribution is 5.91. The number of halogens is 1. The van der Waals surface area contributed by atoms with Gasteiger partial charge in [-0.3, -0.25) is 0 Å². The summed E-state index contributed by atoms with van der Waals surface area (Å²) in [4.78, 5) is 11.0. The number of hydrogen-bond donors (Lipinski definition) is 0. The van der Waals surface area contributed by atoms with Crippen LogP contribution in [0.5, 0.6) is 0 Å². The molecule has 2 nitrogen and oxygen atoms in total. The van der Waals surface area contributed by atoms with E-state index in [4.69, 9.17) is 4.74 Å². The first kappa shape index (κ1) is 7.28. The molecule has 0 aromatic heterocycles. The van der Waals surface area contributed by atoms with Gasteiger partial charge in [-0.1, -0.05) is 6.07 Å². The third-order valence-corrected chi connectivity index (χ3v) is 1.92. The van der Waals surface area contributed by atoms with Gasteiger partial charge in [-0.2, -0.15) is 0 Å². The van der Waals surface area contributed by atoms with Crippen LogP contribution in [-0.2, 0) is 11.2 Å². The van der Waals surface area contributed by atoms with E-state index < -0.39 is 5.97 Å². The van der Waals surface area contributed by atoms with Crippen molar-refractivity contribution in [2.24, 2.45) is 0 Å². The lowest BCUT2D eigenvalue weighted by Crippen LogP contribution is -2.18. The van der Waals surface area contributed by atoms with Crippen molar-refractivity contribution in [1.29, 1.82) is 0 Å². The zero-order valence-electron chi connectivity index (χ0n) is 6.34. The Bertz CT molecular complexity index is 333. The minimum Gasteiger partial charge on any atom is -0.462 e. The van der Waals surface area contributed by atoms with Gasteiger partial charge in [-0.05, 0) is 12.1 Å². The predicted molar refractivity (Wildman–Crippen MR) is 40.4 cm³/mol. The number of esters is 1. The summed E-state index contributed by atoms with van der Waals surface area (Å²) in [6.45, 7) is 0.284. The second-order valence-corrected chi connectivity index (χ2v) is 2.65. The van der Waals surface area contributed by atoms with Crippen molar-refractivity contribution in [1.82, 2.24) is 0 Å². The maximum Gasteiger partial charge on any atom is 0.338 e. The van der Waals surface area contributed by atoms with Gasteiger partial charge in [0.05, 0.1) is 12.2 Å². The summed E-state index contributed by atoms with van der Waals surface area (Å²) in [6.07, 6.45) is 0.480. The van der Waals surface area contributed by atoms with E-state index in [2.05, 4.69) is 0 Å². The van der Waals surface area contributed by atoms with Crippen LogP contribution in [-0.4, -0.2) is 12.6 Å². The number of hydrogen-bond acceptors (Lipinski definition) is 2. The Morgan fingerprint density at radius 2 is 2.25 bits per heavy atom. The van der Waals surface area contributed by atoms with Crippen LogP contribution < -0.4 is 0 Å². The summed E-state index contributed by atoms with van der Waals surface area (Å²) in [7, 11) is 0. The molecule has 0 radical (unpaired) electrons. The topological polar surface area (TPSA) is 26.3 Å². The van der Waals surface area contributed by atoms with Crippen molar-refractivity contribution < 1.29 is 13.9 Å². The molecule has 0 fully saturated rings. The Hall–Kier alpha value is -1.38. The van der Waals surface area contributed by atoms with Gasteiger partial charge in [0.2, 0.25) is 0 Å². The highest BCUT2D eigenvalue weighted by Crippen LogP contribution is 2.19. The van der Waals surface area contributed by atoms with Crippen LogP contribution in [0, 0.1) is 5.82 Å². The molecule has 62 valence electrons. The molecule has 0 N–H and O–H groups in total. The SMILES string of the molecule is O=C1OCCc2c(F)cccc21. The quantitative estimate of drug-likeness (QED) is 0.546. The number of carbonyl (C=O) groups is 1. The number of cyclic esters (lactones) is 1. The molecule has 0 saturated heterocycles. The fourth-order valence-electron chi connectivity index (χ4n) is 1.33. The molecule has 1 aliphatic rings. The van der Waals surface area contributed by atoms with Gasteiger partial charge in [0.1, 0.15) is 5.82 Å². The van der Waals surface area contributed by atoms with E-state index in [0.29, 0.717) is 17.5 Å². The van der Waals surface area contributed by atoms with Gasteiger partial charge in [0, 0.05) is 12.0 Å². The van der Waals surface area contributed by atoms with Gasteiger partial charge in [-0.25, -0.2) is 9.18 Å². The van der Waals surface area contributed by atoms with Crippen LogP contribution in [0.1, 0.15) is 15.9 Å². The summed E-state index contributed by atoms with van der Waals surface area (Å²) in [5.41, 5.74) is 0.843. The van der Waals surface area contributed by atoms with E-state index in [9.17, 15) is 9.18 Å². The molecule has 0 atom stereocenters. The zero-order chi connectivity index (χ0) is 8.55. The fourth-order valence-corrected chi connectivity index (χ4v) is 1.33. The molecule has 0 saturated carbocycles. The van der Waals surface area contributed by atoms with Gasteiger partial charge < -0.3 is 4.74 Å². The van der Waals surface area contributed by atoms with Gasteiger partial charge in [0.25, 0.3) is 0 Å². The molecule has 0 spiro atoms. The first-order valence-electron chi connectivity index (χ1n) is 3.73. The Labute approximate surface area is 69.0 Å². The molecule has 0 amide bonds. The van der Waals surface area contributed by atoms with Crippen LogP contribution in [0.25, 0.3) is 0 Å². The van der Waals surface area contributed by atoms with Crippen molar-refractivity contribution in [3.05, 3.63) is 35.1 Å². The molecule has 1 heterocycles. The second-order valence-electron chi connectivity index (χ2n) is 2.65. The molecule has 1 aromatic rings. The van der Waals surface area contributed by atoms with Crippen molar-refractivity contribution in [2.75, 3.05) is 6.61 Å². The average Bonchev–Trinajstić information content (AvgIpc) is 2.07. The Morgan fingerprint density at radius 3 is 3.00 bits per heavy atom. The smallest absolute Gasteiger partial charge is 0.338 e. The summed E-state index contributed by atoms with van der Waals surface area (Å²) in [5.74, 6) is -0.736. The van der Waals surface area contributed by atoms with E-state index in [1.54, 1.807) is 6.07 Å². The Kier molecular flexibility index (Phi) is 1.57. The number of ether oxygens (including phenoxy) is 1. The lowest BCUT2D eigenvalue weighted by atomic mass is 10.0. The summed E-state index contributed by atoms with van der Waals surface area (Å²) in [5, 5.41) is 0. The van der Waals surface area contributed by atoms with Crippen molar-refractivity contribution >= 4 is 5.97 Å². The number of fused-ring (bicyclic) bond motifs is 1. The number of benzene rings is 1. The molecule has 1 aromatic carbocycles. The molecule has 0 unspecified atom stereocenters. The third-order valence-electron chi connectivity index (χ3n) is 1.92. The van der Waals surface area contributed by atoms with E-state index >= 15 is 0 Å². The molecular weight excluding hydrogens is 159 g/mol. The van der Waals surface area contributed by atoms with Crippen molar-refractivity contribution in [3.63, 3.8) is 0 Å². The van der Waals surface area contributed by atoms with E-state index in [0.717, 1.165) is 0 Å². The van der Waals surface area contributed by atoms with E-state index in [1.807, 2.05) is 0 Å². The summed E-state index contributed by atoms with van der Waals surface area (Å²) >= 11 is 0. The van der Waals surface area contributed by atoms with Crippen LogP contribution in [0.15, 0.2) is 18.2 Å².